The van der Waals surface area contributed by atoms with E-state index in [1.165, 1.54) is 31.5 Å². The van der Waals surface area contributed by atoms with E-state index in [0.717, 1.165) is 6.42 Å². The molecule has 2 rings (SSSR count). The highest BCUT2D eigenvalue weighted by molar-refractivity contribution is 6.32. The average molecular weight is 284 g/mol. The van der Waals surface area contributed by atoms with Crippen LogP contribution in [-0.4, -0.2) is 22.4 Å². The van der Waals surface area contributed by atoms with Crippen LogP contribution in [0.4, 0.5) is 5.69 Å². The van der Waals surface area contributed by atoms with Gasteiger partial charge in [0.1, 0.15) is 5.56 Å². The van der Waals surface area contributed by atoms with Crippen molar-refractivity contribution in [1.29, 1.82) is 0 Å². The first-order valence-electron chi connectivity index (χ1n) is 6.16. The molecule has 1 aromatic heterocycles. The predicted molar refractivity (Wildman–Crippen MR) is 70.2 cm³/mol. The van der Waals surface area contributed by atoms with Crippen molar-refractivity contribution in [3.63, 3.8) is 0 Å². The molecule has 19 heavy (non-hydrogen) atoms. The van der Waals surface area contributed by atoms with Crippen molar-refractivity contribution in [1.82, 2.24) is 10.3 Å². The third-order valence-electron chi connectivity index (χ3n) is 3.37. The standard InChI is InChI=1S/C12H14ClN3O3/c13-11-10(16(18)19)9(5-7-14-11)12(17)15-6-4-8-2-1-3-8/h5,7-8H,1-4,6H2,(H,15,17). The molecular weight excluding hydrogens is 270 g/mol. The number of carbonyl (C=O) groups is 1. The van der Waals surface area contributed by atoms with E-state index in [9.17, 15) is 14.9 Å². The number of pyridine rings is 1. The van der Waals surface area contributed by atoms with E-state index in [4.69, 9.17) is 11.6 Å². The number of hydrogen-bond donors (Lipinski definition) is 1. The van der Waals surface area contributed by atoms with Crippen LogP contribution in [0.5, 0.6) is 0 Å². The van der Waals surface area contributed by atoms with Gasteiger partial charge < -0.3 is 5.32 Å². The highest BCUT2D eigenvalue weighted by atomic mass is 35.5. The summed E-state index contributed by atoms with van der Waals surface area (Å²) < 4.78 is 0. The molecule has 1 aliphatic carbocycles. The zero-order valence-electron chi connectivity index (χ0n) is 10.3. The summed E-state index contributed by atoms with van der Waals surface area (Å²) >= 11 is 5.65. The van der Waals surface area contributed by atoms with Crippen LogP contribution in [-0.2, 0) is 0 Å². The lowest BCUT2D eigenvalue weighted by Crippen LogP contribution is -2.28. The van der Waals surface area contributed by atoms with Gasteiger partial charge in [-0.2, -0.15) is 0 Å². The summed E-state index contributed by atoms with van der Waals surface area (Å²) in [6, 6.07) is 1.31. The molecule has 0 aliphatic heterocycles. The second kappa shape index (κ2) is 5.97. The van der Waals surface area contributed by atoms with E-state index >= 15 is 0 Å². The van der Waals surface area contributed by atoms with Crippen molar-refractivity contribution in [2.75, 3.05) is 6.54 Å². The van der Waals surface area contributed by atoms with Gasteiger partial charge in [0, 0.05) is 12.7 Å². The van der Waals surface area contributed by atoms with Crippen LogP contribution < -0.4 is 5.32 Å². The van der Waals surface area contributed by atoms with Crippen molar-refractivity contribution in [2.24, 2.45) is 5.92 Å². The lowest BCUT2D eigenvalue weighted by Gasteiger charge is -2.25. The molecule has 1 aliphatic rings. The topological polar surface area (TPSA) is 85.1 Å². The fourth-order valence-corrected chi connectivity index (χ4v) is 2.28. The smallest absolute Gasteiger partial charge is 0.319 e. The molecule has 0 radical (unpaired) electrons. The lowest BCUT2D eigenvalue weighted by atomic mass is 9.83. The van der Waals surface area contributed by atoms with Crippen LogP contribution in [0.2, 0.25) is 5.15 Å². The van der Waals surface area contributed by atoms with Gasteiger partial charge in [-0.15, -0.1) is 0 Å². The van der Waals surface area contributed by atoms with Gasteiger partial charge in [0.15, 0.2) is 0 Å². The van der Waals surface area contributed by atoms with Crippen LogP contribution in [0.3, 0.4) is 0 Å². The molecule has 0 aromatic carbocycles. The number of aromatic nitrogens is 1. The quantitative estimate of drug-likeness (QED) is 0.511. The summed E-state index contributed by atoms with van der Waals surface area (Å²) in [5, 5.41) is 13.3. The van der Waals surface area contributed by atoms with Gasteiger partial charge in [-0.25, -0.2) is 4.98 Å². The average Bonchev–Trinajstić information content (AvgIpc) is 2.31. The molecule has 0 spiro atoms. The van der Waals surface area contributed by atoms with Crippen molar-refractivity contribution >= 4 is 23.2 Å². The summed E-state index contributed by atoms with van der Waals surface area (Å²) in [7, 11) is 0. The van der Waals surface area contributed by atoms with E-state index in [2.05, 4.69) is 10.3 Å². The van der Waals surface area contributed by atoms with E-state index < -0.39 is 16.5 Å². The first kappa shape index (κ1) is 13.7. The van der Waals surface area contributed by atoms with Gasteiger partial charge in [-0.05, 0) is 18.4 Å². The minimum Gasteiger partial charge on any atom is -0.352 e. The Morgan fingerprint density at radius 2 is 2.32 bits per heavy atom. The Bertz CT molecular complexity index is 503. The highest BCUT2D eigenvalue weighted by Gasteiger charge is 2.25. The minimum atomic E-state index is -0.684. The first-order valence-corrected chi connectivity index (χ1v) is 6.54. The minimum absolute atomic E-state index is 0.0430. The number of halogens is 1. The maximum atomic E-state index is 11.9. The molecule has 0 unspecified atom stereocenters. The summed E-state index contributed by atoms with van der Waals surface area (Å²) in [4.78, 5) is 25.7. The zero-order valence-corrected chi connectivity index (χ0v) is 11.0. The Balaban J connectivity index is 2.01. The first-order chi connectivity index (χ1) is 9.09. The SMILES string of the molecule is O=C(NCCC1CCC1)c1ccnc(Cl)c1[N+](=O)[O-]. The molecule has 1 aromatic rings. The summed E-state index contributed by atoms with van der Waals surface area (Å²) in [6.45, 7) is 0.528. The normalized spacial score (nSPS) is 14.8. The summed E-state index contributed by atoms with van der Waals surface area (Å²) in [6.07, 6.45) is 5.87. The number of amides is 1. The van der Waals surface area contributed by atoms with Crippen LogP contribution in [0.25, 0.3) is 0 Å². The van der Waals surface area contributed by atoms with Crippen LogP contribution in [0.1, 0.15) is 36.0 Å². The lowest BCUT2D eigenvalue weighted by molar-refractivity contribution is -0.385. The molecule has 102 valence electrons. The highest BCUT2D eigenvalue weighted by Crippen LogP contribution is 2.29. The van der Waals surface area contributed by atoms with Crippen molar-refractivity contribution in [2.45, 2.75) is 25.7 Å². The van der Waals surface area contributed by atoms with Gasteiger partial charge in [0.25, 0.3) is 5.91 Å². The molecule has 1 N–H and O–H groups in total. The maximum Gasteiger partial charge on any atom is 0.319 e. The van der Waals surface area contributed by atoms with Gasteiger partial charge in [-0.3, -0.25) is 14.9 Å². The molecule has 0 saturated heterocycles. The molecule has 1 heterocycles. The third-order valence-corrected chi connectivity index (χ3v) is 3.65. The van der Waals surface area contributed by atoms with E-state index in [-0.39, 0.29) is 10.7 Å². The molecule has 0 bridgehead atoms. The van der Waals surface area contributed by atoms with Gasteiger partial charge >= 0.3 is 5.69 Å². The van der Waals surface area contributed by atoms with Crippen LogP contribution in [0, 0.1) is 16.0 Å². The number of nitrogens with one attached hydrogen (secondary N) is 1. The zero-order chi connectivity index (χ0) is 13.8. The van der Waals surface area contributed by atoms with E-state index in [1.807, 2.05) is 0 Å². The second-order valence-corrected chi connectivity index (χ2v) is 4.95. The second-order valence-electron chi connectivity index (χ2n) is 4.60. The fourth-order valence-electron chi connectivity index (χ4n) is 2.05. The maximum absolute atomic E-state index is 11.9. The Labute approximate surface area is 115 Å². The number of rotatable bonds is 5. The molecule has 1 fully saturated rings. The number of carbonyl (C=O) groups excluding carboxylic acids is 1. The van der Waals surface area contributed by atoms with E-state index in [1.54, 1.807) is 0 Å². The molecule has 1 saturated carbocycles. The number of nitrogens with zero attached hydrogens (tertiary/aromatic N) is 2. The monoisotopic (exact) mass is 283 g/mol. The van der Waals surface area contributed by atoms with Crippen LogP contribution >= 0.6 is 11.6 Å². The molecule has 1 amide bonds. The molecule has 6 nitrogen and oxygen atoms in total. The predicted octanol–water partition coefficient (Wildman–Crippen LogP) is 2.56. The Kier molecular flexibility index (Phi) is 4.31. The number of nitro groups is 1. The Morgan fingerprint density at radius 1 is 1.58 bits per heavy atom. The number of hydrogen-bond acceptors (Lipinski definition) is 4. The summed E-state index contributed by atoms with van der Waals surface area (Å²) in [5.41, 5.74) is -0.482. The Morgan fingerprint density at radius 3 is 2.89 bits per heavy atom. The summed E-state index contributed by atoms with van der Waals surface area (Å²) in [5.74, 6) is 0.201. The molecule has 0 atom stereocenters. The third kappa shape index (κ3) is 3.20. The van der Waals surface area contributed by atoms with Crippen molar-refractivity contribution < 1.29 is 9.72 Å². The van der Waals surface area contributed by atoms with Crippen LogP contribution in [0.15, 0.2) is 12.3 Å². The van der Waals surface area contributed by atoms with Crippen molar-refractivity contribution in [3.05, 3.63) is 33.1 Å². The largest absolute Gasteiger partial charge is 0.352 e. The Hall–Kier alpha value is -1.69. The van der Waals surface area contributed by atoms with E-state index in [0.29, 0.717) is 12.5 Å². The van der Waals surface area contributed by atoms with Gasteiger partial charge in [-0.1, -0.05) is 30.9 Å². The molecule has 7 heteroatoms. The van der Waals surface area contributed by atoms with Gasteiger partial charge in [0.05, 0.1) is 4.92 Å². The fraction of sp³-hybridized carbons (Fsp3) is 0.500. The molecular formula is C12H14ClN3O3. The van der Waals surface area contributed by atoms with Crippen molar-refractivity contribution in [3.8, 4) is 0 Å². The van der Waals surface area contributed by atoms with Gasteiger partial charge in [0.2, 0.25) is 5.15 Å².